The third-order valence-electron chi connectivity index (χ3n) is 4.45. The molecule has 0 spiro atoms. The van der Waals surface area contributed by atoms with E-state index in [1.165, 1.54) is 17.2 Å². The molecule has 1 aromatic carbocycles. The largest absolute Gasteiger partial charge is 0.394 e. The highest BCUT2D eigenvalue weighted by atomic mass is 16.6. The van der Waals surface area contributed by atoms with Gasteiger partial charge in [0.2, 0.25) is 0 Å². The van der Waals surface area contributed by atoms with E-state index in [1.807, 2.05) is 30.3 Å². The number of hydrogen-bond acceptors (Lipinski definition) is 8. The molecule has 0 unspecified atom stereocenters. The van der Waals surface area contributed by atoms with Gasteiger partial charge in [-0.25, -0.2) is 15.0 Å². The minimum absolute atomic E-state index is 0.389. The molecule has 2 aromatic heterocycles. The summed E-state index contributed by atoms with van der Waals surface area (Å²) in [6, 6.07) is 9.88. The number of ether oxygens (including phenoxy) is 1. The predicted molar refractivity (Wildman–Crippen MR) is 92.1 cm³/mol. The first kappa shape index (κ1) is 16.9. The van der Waals surface area contributed by atoms with Gasteiger partial charge >= 0.3 is 0 Å². The molecule has 0 bridgehead atoms. The van der Waals surface area contributed by atoms with Gasteiger partial charge in [0.15, 0.2) is 23.2 Å². The fraction of sp³-hybridized carbons (Fsp3) is 0.353. The molecular weight excluding hydrogens is 338 g/mol. The molecule has 4 rings (SSSR count). The van der Waals surface area contributed by atoms with Crippen molar-refractivity contribution in [3.05, 3.63) is 48.5 Å². The first-order chi connectivity index (χ1) is 12.7. The Hall–Kier alpha value is -2.59. The minimum atomic E-state index is -1.19. The van der Waals surface area contributed by atoms with Crippen LogP contribution in [0.25, 0.3) is 11.2 Å². The van der Waals surface area contributed by atoms with E-state index in [0.29, 0.717) is 23.5 Å². The molecule has 1 aliphatic rings. The number of imidazole rings is 1. The monoisotopic (exact) mass is 357 g/mol. The van der Waals surface area contributed by atoms with Crippen LogP contribution in [-0.2, 0) is 11.3 Å². The summed E-state index contributed by atoms with van der Waals surface area (Å²) in [7, 11) is 0. The molecule has 9 nitrogen and oxygen atoms in total. The molecule has 3 heterocycles. The molecule has 0 aliphatic carbocycles. The number of aliphatic hydroxyl groups excluding tert-OH is 3. The average Bonchev–Trinajstić information content (AvgIpc) is 3.23. The number of benzene rings is 1. The van der Waals surface area contributed by atoms with Crippen molar-refractivity contribution in [2.45, 2.75) is 31.1 Å². The summed E-state index contributed by atoms with van der Waals surface area (Å²) in [6.07, 6.45) is -1.24. The van der Waals surface area contributed by atoms with E-state index in [-0.39, 0.29) is 6.61 Å². The summed E-state index contributed by atoms with van der Waals surface area (Å²) in [5.74, 6) is 0.560. The topological polar surface area (TPSA) is 126 Å². The molecule has 0 radical (unpaired) electrons. The fourth-order valence-corrected chi connectivity index (χ4v) is 3.06. The van der Waals surface area contributed by atoms with Gasteiger partial charge in [0.1, 0.15) is 24.6 Å². The number of nitrogens with one attached hydrogen (secondary N) is 1. The van der Waals surface area contributed by atoms with E-state index in [9.17, 15) is 15.3 Å². The van der Waals surface area contributed by atoms with Crippen LogP contribution in [0.2, 0.25) is 0 Å². The van der Waals surface area contributed by atoms with Crippen molar-refractivity contribution < 1.29 is 20.1 Å². The molecule has 4 atom stereocenters. The summed E-state index contributed by atoms with van der Waals surface area (Å²) in [6.45, 7) is 0.188. The number of nitrogens with zero attached hydrogens (tertiary/aromatic N) is 4. The molecule has 9 heteroatoms. The maximum absolute atomic E-state index is 10.2. The second-order valence-electron chi connectivity index (χ2n) is 6.11. The molecule has 4 N–H and O–H groups in total. The molecule has 136 valence electrons. The highest BCUT2D eigenvalue weighted by molar-refractivity contribution is 5.82. The Morgan fingerprint density at radius 1 is 1.08 bits per heavy atom. The van der Waals surface area contributed by atoms with E-state index in [2.05, 4.69) is 20.3 Å². The number of hydrogen-bond donors (Lipinski definition) is 4. The zero-order valence-corrected chi connectivity index (χ0v) is 13.8. The van der Waals surface area contributed by atoms with E-state index in [4.69, 9.17) is 4.74 Å². The lowest BCUT2D eigenvalue weighted by molar-refractivity contribution is -0.0511. The Morgan fingerprint density at radius 3 is 2.62 bits per heavy atom. The van der Waals surface area contributed by atoms with Crippen molar-refractivity contribution in [1.29, 1.82) is 0 Å². The van der Waals surface area contributed by atoms with Crippen molar-refractivity contribution in [2.24, 2.45) is 0 Å². The van der Waals surface area contributed by atoms with Gasteiger partial charge in [-0.3, -0.25) is 4.57 Å². The van der Waals surface area contributed by atoms with Crippen LogP contribution in [0.4, 0.5) is 5.82 Å². The minimum Gasteiger partial charge on any atom is -0.394 e. The van der Waals surface area contributed by atoms with Crippen LogP contribution in [0.3, 0.4) is 0 Å². The summed E-state index contributed by atoms with van der Waals surface area (Å²) >= 11 is 0. The Bertz CT molecular complexity index is 887. The van der Waals surface area contributed by atoms with Gasteiger partial charge in [-0.2, -0.15) is 0 Å². The summed E-state index contributed by atoms with van der Waals surface area (Å²) < 4.78 is 7.08. The maximum Gasteiger partial charge on any atom is 0.167 e. The third kappa shape index (κ3) is 2.90. The first-order valence-electron chi connectivity index (χ1n) is 8.27. The molecule has 1 saturated heterocycles. The van der Waals surface area contributed by atoms with Crippen molar-refractivity contribution in [3.63, 3.8) is 0 Å². The summed E-state index contributed by atoms with van der Waals surface area (Å²) in [5, 5.41) is 32.6. The lowest BCUT2D eigenvalue weighted by Gasteiger charge is -2.16. The van der Waals surface area contributed by atoms with Crippen LogP contribution in [0.15, 0.2) is 43.0 Å². The van der Waals surface area contributed by atoms with Crippen LogP contribution in [0, 0.1) is 0 Å². The number of fused-ring (bicyclic) bond motifs is 1. The van der Waals surface area contributed by atoms with E-state index in [1.54, 1.807) is 0 Å². The van der Waals surface area contributed by atoms with Crippen molar-refractivity contribution in [1.82, 2.24) is 19.5 Å². The number of anilines is 1. The van der Waals surface area contributed by atoms with Gasteiger partial charge in [-0.05, 0) is 5.56 Å². The SMILES string of the molecule is OC[C@@H]1O[C@H](n2cnc3c(NCc4ccccc4)ncnc32)[C@@H](O)[C@H]1O. The second-order valence-corrected chi connectivity index (χ2v) is 6.11. The lowest BCUT2D eigenvalue weighted by Crippen LogP contribution is -2.33. The van der Waals surface area contributed by atoms with Crippen LogP contribution < -0.4 is 5.32 Å². The van der Waals surface area contributed by atoms with Gasteiger partial charge in [0.25, 0.3) is 0 Å². The predicted octanol–water partition coefficient (Wildman–Crippen LogP) is 0.0499. The number of aliphatic hydroxyl groups is 3. The van der Waals surface area contributed by atoms with E-state index < -0.39 is 24.5 Å². The average molecular weight is 357 g/mol. The quantitative estimate of drug-likeness (QED) is 0.505. The Labute approximate surface area is 148 Å². The summed E-state index contributed by atoms with van der Waals surface area (Å²) in [5.41, 5.74) is 2.09. The number of aromatic nitrogens is 4. The van der Waals surface area contributed by atoms with Gasteiger partial charge in [0, 0.05) is 6.54 Å². The van der Waals surface area contributed by atoms with Gasteiger partial charge in [-0.1, -0.05) is 30.3 Å². The van der Waals surface area contributed by atoms with Gasteiger partial charge in [0.05, 0.1) is 12.9 Å². The molecular formula is C17H19N5O4. The smallest absolute Gasteiger partial charge is 0.167 e. The van der Waals surface area contributed by atoms with Crippen molar-refractivity contribution in [3.8, 4) is 0 Å². The third-order valence-corrected chi connectivity index (χ3v) is 4.45. The van der Waals surface area contributed by atoms with Crippen molar-refractivity contribution >= 4 is 17.0 Å². The van der Waals surface area contributed by atoms with Gasteiger partial charge < -0.3 is 25.4 Å². The van der Waals surface area contributed by atoms with Crippen LogP contribution >= 0.6 is 0 Å². The highest BCUT2D eigenvalue weighted by Crippen LogP contribution is 2.32. The normalized spacial score (nSPS) is 25.7. The van der Waals surface area contributed by atoms with Crippen molar-refractivity contribution in [2.75, 3.05) is 11.9 Å². The van der Waals surface area contributed by atoms with E-state index >= 15 is 0 Å². The molecule has 0 amide bonds. The maximum atomic E-state index is 10.2. The zero-order valence-electron chi connectivity index (χ0n) is 13.8. The molecule has 1 fully saturated rings. The standard InChI is InChI=1S/C17H19N5O4/c23-7-11-13(24)14(25)17(26-11)22-9-21-12-15(19-8-20-16(12)22)18-6-10-4-2-1-3-5-10/h1-5,8-9,11,13-14,17,23-25H,6-7H2,(H,18,19,20)/t11-,13-,14-,17-/m0/s1. The zero-order chi connectivity index (χ0) is 18.1. The summed E-state index contributed by atoms with van der Waals surface area (Å²) in [4.78, 5) is 12.8. The second kappa shape index (κ2) is 6.96. The molecule has 1 aliphatic heterocycles. The van der Waals surface area contributed by atoms with Crippen LogP contribution in [-0.4, -0.2) is 59.8 Å². The highest BCUT2D eigenvalue weighted by Gasteiger charge is 2.44. The molecule has 3 aromatic rings. The Balaban J connectivity index is 1.61. The Morgan fingerprint density at radius 2 is 1.88 bits per heavy atom. The van der Waals surface area contributed by atoms with Crippen LogP contribution in [0.5, 0.6) is 0 Å². The Kier molecular flexibility index (Phi) is 4.51. The van der Waals surface area contributed by atoms with E-state index in [0.717, 1.165) is 5.56 Å². The lowest BCUT2D eigenvalue weighted by atomic mass is 10.1. The first-order valence-corrected chi connectivity index (χ1v) is 8.27. The van der Waals surface area contributed by atoms with Gasteiger partial charge in [-0.15, -0.1) is 0 Å². The fourth-order valence-electron chi connectivity index (χ4n) is 3.06. The number of rotatable bonds is 5. The molecule has 26 heavy (non-hydrogen) atoms. The molecule has 0 saturated carbocycles. The van der Waals surface area contributed by atoms with Crippen LogP contribution in [0.1, 0.15) is 11.8 Å².